The average Bonchev–Trinajstić information content (AvgIpc) is 2.73. The lowest BCUT2D eigenvalue weighted by Gasteiger charge is -2.49. The summed E-state index contributed by atoms with van der Waals surface area (Å²) in [7, 11) is 1.69. The van der Waals surface area contributed by atoms with E-state index in [2.05, 4.69) is 51.5 Å². The second kappa shape index (κ2) is 7.51. The van der Waals surface area contributed by atoms with Gasteiger partial charge in [-0.05, 0) is 37.1 Å². The predicted octanol–water partition coefficient (Wildman–Crippen LogP) is 2.70. The van der Waals surface area contributed by atoms with E-state index < -0.39 is 0 Å². The van der Waals surface area contributed by atoms with Crippen molar-refractivity contribution in [2.45, 2.75) is 19.4 Å². The number of carbonyl (C=O) groups excluding carboxylic acids is 1. The summed E-state index contributed by atoms with van der Waals surface area (Å²) in [6, 6.07) is 16.9. The van der Waals surface area contributed by atoms with E-state index >= 15 is 0 Å². The molecule has 0 aromatic heterocycles. The minimum Gasteiger partial charge on any atom is -0.497 e. The van der Waals surface area contributed by atoms with Gasteiger partial charge in [-0.25, -0.2) is 0 Å². The molecule has 1 N–H and O–H groups in total. The molecule has 142 valence electrons. The van der Waals surface area contributed by atoms with E-state index in [-0.39, 0.29) is 17.9 Å². The van der Waals surface area contributed by atoms with Crippen molar-refractivity contribution < 1.29 is 9.53 Å². The predicted molar refractivity (Wildman–Crippen MR) is 109 cm³/mol. The third-order valence-electron chi connectivity index (χ3n) is 5.73. The molecule has 2 aromatic rings. The van der Waals surface area contributed by atoms with Crippen LogP contribution in [0.25, 0.3) is 0 Å². The van der Waals surface area contributed by atoms with Crippen molar-refractivity contribution in [1.29, 1.82) is 0 Å². The number of carbonyl (C=O) groups is 1. The number of nitrogens with zero attached hydrogens (tertiary/aromatic N) is 2. The highest BCUT2D eigenvalue weighted by molar-refractivity contribution is 5.82. The Kier molecular flexibility index (Phi) is 4.92. The molecule has 2 atom stereocenters. The van der Waals surface area contributed by atoms with Crippen LogP contribution in [-0.4, -0.2) is 45.2 Å². The van der Waals surface area contributed by atoms with Crippen molar-refractivity contribution in [1.82, 2.24) is 5.32 Å². The number of hydrogen-bond acceptors (Lipinski definition) is 4. The Morgan fingerprint density at radius 1 is 1.19 bits per heavy atom. The lowest BCUT2D eigenvalue weighted by atomic mass is 9.83. The zero-order valence-corrected chi connectivity index (χ0v) is 16.0. The van der Waals surface area contributed by atoms with E-state index in [1.54, 1.807) is 7.11 Å². The van der Waals surface area contributed by atoms with Crippen molar-refractivity contribution in [3.63, 3.8) is 0 Å². The second-order valence-corrected chi connectivity index (χ2v) is 7.24. The van der Waals surface area contributed by atoms with Gasteiger partial charge in [0.25, 0.3) is 0 Å². The highest BCUT2D eigenvalue weighted by Crippen LogP contribution is 2.37. The smallest absolute Gasteiger partial charge is 0.225 e. The number of benzene rings is 2. The molecule has 1 saturated heterocycles. The zero-order valence-electron chi connectivity index (χ0n) is 16.0. The molecule has 2 aliphatic heterocycles. The van der Waals surface area contributed by atoms with Gasteiger partial charge in [0.2, 0.25) is 5.91 Å². The zero-order chi connectivity index (χ0) is 18.8. The molecule has 0 bridgehead atoms. The van der Waals surface area contributed by atoms with E-state index in [9.17, 15) is 4.79 Å². The molecule has 5 heteroatoms. The Balaban J connectivity index is 1.64. The molecular weight excluding hydrogens is 338 g/mol. The molecule has 2 aromatic carbocycles. The molecule has 0 spiro atoms. The number of piperazine rings is 1. The quantitative estimate of drug-likeness (QED) is 0.905. The summed E-state index contributed by atoms with van der Waals surface area (Å²) in [6.07, 6.45) is 0.801. The molecule has 2 heterocycles. The van der Waals surface area contributed by atoms with Gasteiger partial charge in [0.1, 0.15) is 5.75 Å². The van der Waals surface area contributed by atoms with Crippen LogP contribution < -0.4 is 19.9 Å². The molecule has 1 amide bonds. The van der Waals surface area contributed by atoms with Crippen LogP contribution in [0.2, 0.25) is 0 Å². The van der Waals surface area contributed by atoms with Crippen molar-refractivity contribution >= 4 is 17.3 Å². The Bertz CT molecular complexity index is 823. The molecule has 4 rings (SSSR count). The maximum Gasteiger partial charge on any atom is 0.225 e. The van der Waals surface area contributed by atoms with Crippen LogP contribution >= 0.6 is 0 Å². The number of methoxy groups -OCH3 is 1. The van der Waals surface area contributed by atoms with Gasteiger partial charge < -0.3 is 19.9 Å². The number of hydrogen-bond donors (Lipinski definition) is 1. The van der Waals surface area contributed by atoms with Crippen LogP contribution in [0, 0.1) is 5.92 Å². The van der Waals surface area contributed by atoms with Crippen LogP contribution in [-0.2, 0) is 11.2 Å². The number of rotatable bonds is 4. The minimum absolute atomic E-state index is 0.0340. The second-order valence-electron chi connectivity index (χ2n) is 7.24. The van der Waals surface area contributed by atoms with E-state index in [4.69, 9.17) is 4.74 Å². The summed E-state index contributed by atoms with van der Waals surface area (Å²) in [5.41, 5.74) is 3.72. The molecule has 0 aliphatic carbocycles. The SMILES string of the molecule is CCNC(=O)C1Cc2ccccc2N2CCN(c3cccc(OC)c3)CC12. The number of para-hydroxylation sites is 1. The number of nitrogens with one attached hydrogen (secondary N) is 1. The minimum atomic E-state index is -0.0340. The molecular formula is C22H27N3O2. The Morgan fingerprint density at radius 3 is 2.85 bits per heavy atom. The van der Waals surface area contributed by atoms with Crippen molar-refractivity contribution in [3.05, 3.63) is 54.1 Å². The first-order valence-corrected chi connectivity index (χ1v) is 9.72. The monoisotopic (exact) mass is 365 g/mol. The molecule has 2 unspecified atom stereocenters. The van der Waals surface area contributed by atoms with Gasteiger partial charge in [-0.2, -0.15) is 0 Å². The molecule has 1 fully saturated rings. The molecule has 0 radical (unpaired) electrons. The van der Waals surface area contributed by atoms with Gasteiger partial charge in [-0.1, -0.05) is 24.3 Å². The lowest BCUT2D eigenvalue weighted by molar-refractivity contribution is -0.125. The highest BCUT2D eigenvalue weighted by atomic mass is 16.5. The Hall–Kier alpha value is -2.69. The first-order chi connectivity index (χ1) is 13.2. The van der Waals surface area contributed by atoms with Gasteiger partial charge in [0.05, 0.1) is 19.1 Å². The third-order valence-corrected chi connectivity index (χ3v) is 5.73. The van der Waals surface area contributed by atoms with Crippen LogP contribution in [0.15, 0.2) is 48.5 Å². The largest absolute Gasteiger partial charge is 0.497 e. The standard InChI is InChI=1S/C22H27N3O2/c1-3-23-22(26)19-13-16-7-4-5-10-20(16)25-12-11-24(15-21(19)25)17-8-6-9-18(14-17)27-2/h4-10,14,19,21H,3,11-13,15H2,1-2H3,(H,23,26). The summed E-state index contributed by atoms with van der Waals surface area (Å²) in [5.74, 6) is 0.993. The number of amides is 1. The third kappa shape index (κ3) is 3.34. The van der Waals surface area contributed by atoms with Crippen molar-refractivity contribution in [3.8, 4) is 5.75 Å². The van der Waals surface area contributed by atoms with Crippen LogP contribution in [0.1, 0.15) is 12.5 Å². The van der Waals surface area contributed by atoms with Gasteiger partial charge in [-0.3, -0.25) is 4.79 Å². The number of anilines is 2. The van der Waals surface area contributed by atoms with Gasteiger partial charge >= 0.3 is 0 Å². The van der Waals surface area contributed by atoms with Crippen LogP contribution in [0.5, 0.6) is 5.75 Å². The topological polar surface area (TPSA) is 44.8 Å². The van der Waals surface area contributed by atoms with E-state index in [0.717, 1.165) is 37.5 Å². The molecule has 0 saturated carbocycles. The Labute approximate surface area is 160 Å². The van der Waals surface area contributed by atoms with E-state index in [1.165, 1.54) is 11.3 Å². The first-order valence-electron chi connectivity index (χ1n) is 9.72. The van der Waals surface area contributed by atoms with Crippen molar-refractivity contribution in [2.24, 2.45) is 5.92 Å². The molecule has 2 aliphatic rings. The van der Waals surface area contributed by atoms with Crippen molar-refractivity contribution in [2.75, 3.05) is 43.1 Å². The summed E-state index contributed by atoms with van der Waals surface area (Å²) in [4.78, 5) is 17.6. The summed E-state index contributed by atoms with van der Waals surface area (Å²) < 4.78 is 5.39. The fraction of sp³-hybridized carbons (Fsp3) is 0.409. The maximum absolute atomic E-state index is 12.8. The average molecular weight is 365 g/mol. The fourth-order valence-corrected chi connectivity index (χ4v) is 4.40. The van der Waals surface area contributed by atoms with E-state index in [1.807, 2.05) is 19.1 Å². The Morgan fingerprint density at radius 2 is 2.04 bits per heavy atom. The molecule has 5 nitrogen and oxygen atoms in total. The first kappa shape index (κ1) is 17.7. The fourth-order valence-electron chi connectivity index (χ4n) is 4.40. The summed E-state index contributed by atoms with van der Waals surface area (Å²) in [6.45, 7) is 5.33. The maximum atomic E-state index is 12.8. The summed E-state index contributed by atoms with van der Waals surface area (Å²) >= 11 is 0. The van der Waals surface area contributed by atoms with E-state index in [0.29, 0.717) is 6.54 Å². The van der Waals surface area contributed by atoms with Crippen LogP contribution in [0.3, 0.4) is 0 Å². The normalized spacial score (nSPS) is 21.3. The van der Waals surface area contributed by atoms with Gasteiger partial charge in [-0.15, -0.1) is 0 Å². The van der Waals surface area contributed by atoms with Gasteiger partial charge in [0.15, 0.2) is 0 Å². The molecule has 27 heavy (non-hydrogen) atoms. The number of ether oxygens (including phenoxy) is 1. The summed E-state index contributed by atoms with van der Waals surface area (Å²) in [5, 5.41) is 3.05. The van der Waals surface area contributed by atoms with Crippen LogP contribution in [0.4, 0.5) is 11.4 Å². The lowest BCUT2D eigenvalue weighted by Crippen LogP contribution is -2.61. The highest BCUT2D eigenvalue weighted by Gasteiger charge is 2.41. The van der Waals surface area contributed by atoms with Gasteiger partial charge in [0, 0.05) is 43.6 Å². The number of fused-ring (bicyclic) bond motifs is 3.